The summed E-state index contributed by atoms with van der Waals surface area (Å²) in [6, 6.07) is 13.5. The van der Waals surface area contributed by atoms with Gasteiger partial charge in [0.05, 0.1) is 10.2 Å². The molecule has 0 aliphatic heterocycles. The Labute approximate surface area is 115 Å². The predicted molar refractivity (Wildman–Crippen MR) is 79.6 cm³/mol. The van der Waals surface area contributed by atoms with Crippen LogP contribution >= 0.6 is 11.3 Å². The minimum atomic E-state index is -1.48. The molecule has 0 atom stereocenters. The van der Waals surface area contributed by atoms with Crippen molar-refractivity contribution in [2.75, 3.05) is 0 Å². The first-order chi connectivity index (χ1) is 9.15. The number of hydrogen-bond donors (Lipinski definition) is 2. The van der Waals surface area contributed by atoms with Gasteiger partial charge in [-0.3, -0.25) is 0 Å². The standard InChI is InChI=1S/C14H12BNO2S/c1-9-6-7-10(11(8-9)15(17)18)14-16-12-4-2-3-5-13(12)19-14/h2-8,17-18H,1H3. The van der Waals surface area contributed by atoms with E-state index in [0.29, 0.717) is 5.46 Å². The fourth-order valence-electron chi connectivity index (χ4n) is 2.08. The lowest BCUT2D eigenvalue weighted by Gasteiger charge is -2.07. The zero-order chi connectivity index (χ0) is 13.4. The smallest absolute Gasteiger partial charge is 0.423 e. The maximum absolute atomic E-state index is 9.50. The van der Waals surface area contributed by atoms with Crippen LogP contribution in [0.2, 0.25) is 0 Å². The van der Waals surface area contributed by atoms with Gasteiger partial charge in [-0.25, -0.2) is 4.98 Å². The van der Waals surface area contributed by atoms with Gasteiger partial charge in [0.15, 0.2) is 0 Å². The van der Waals surface area contributed by atoms with Gasteiger partial charge in [-0.2, -0.15) is 0 Å². The van der Waals surface area contributed by atoms with Gasteiger partial charge in [0, 0.05) is 5.56 Å². The number of para-hydroxylation sites is 1. The highest BCUT2D eigenvalue weighted by atomic mass is 32.1. The Bertz CT molecular complexity index is 706. The molecule has 1 aromatic heterocycles. The summed E-state index contributed by atoms with van der Waals surface area (Å²) in [6.45, 7) is 1.92. The second kappa shape index (κ2) is 4.77. The van der Waals surface area contributed by atoms with Gasteiger partial charge < -0.3 is 10.0 Å². The average Bonchev–Trinajstić information content (AvgIpc) is 2.82. The van der Waals surface area contributed by atoms with Crippen molar-refractivity contribution in [1.29, 1.82) is 0 Å². The lowest BCUT2D eigenvalue weighted by atomic mass is 9.76. The zero-order valence-corrected chi connectivity index (χ0v) is 11.2. The zero-order valence-electron chi connectivity index (χ0n) is 10.4. The SMILES string of the molecule is Cc1ccc(-c2nc3ccccc3s2)c(B(O)O)c1. The Hall–Kier alpha value is -1.69. The lowest BCUT2D eigenvalue weighted by Crippen LogP contribution is -2.31. The maximum Gasteiger partial charge on any atom is 0.489 e. The molecule has 0 amide bonds. The first-order valence-corrected chi connectivity index (χ1v) is 6.79. The summed E-state index contributed by atoms with van der Waals surface area (Å²) in [5, 5.41) is 19.8. The fraction of sp³-hybridized carbons (Fsp3) is 0.0714. The summed E-state index contributed by atoms with van der Waals surface area (Å²) in [5.41, 5.74) is 3.20. The van der Waals surface area contributed by atoms with E-state index in [1.165, 1.54) is 0 Å². The number of thiazole rings is 1. The largest absolute Gasteiger partial charge is 0.489 e. The molecule has 2 aromatic carbocycles. The van der Waals surface area contributed by atoms with Gasteiger partial charge in [0.2, 0.25) is 0 Å². The van der Waals surface area contributed by atoms with Crippen LogP contribution in [0.3, 0.4) is 0 Å². The van der Waals surface area contributed by atoms with Gasteiger partial charge in [-0.05, 0) is 24.5 Å². The molecule has 0 saturated heterocycles. The summed E-state index contributed by atoms with van der Waals surface area (Å²) in [4.78, 5) is 4.55. The summed E-state index contributed by atoms with van der Waals surface area (Å²) in [6.07, 6.45) is 0. The Morgan fingerprint density at radius 2 is 1.89 bits per heavy atom. The van der Waals surface area contributed by atoms with E-state index in [1.807, 2.05) is 43.3 Å². The molecule has 3 aromatic rings. The molecule has 0 aliphatic rings. The topological polar surface area (TPSA) is 53.4 Å². The molecule has 0 unspecified atom stereocenters. The minimum Gasteiger partial charge on any atom is -0.423 e. The first kappa shape index (κ1) is 12.4. The fourth-order valence-corrected chi connectivity index (χ4v) is 3.09. The molecule has 5 heteroatoms. The summed E-state index contributed by atoms with van der Waals surface area (Å²) >= 11 is 1.55. The third-order valence-corrected chi connectivity index (χ3v) is 4.08. The molecule has 19 heavy (non-hydrogen) atoms. The van der Waals surface area contributed by atoms with Crippen molar-refractivity contribution in [3.8, 4) is 10.6 Å². The molecule has 0 fully saturated rings. The number of nitrogens with zero attached hydrogens (tertiary/aromatic N) is 1. The average molecular weight is 269 g/mol. The van der Waals surface area contributed by atoms with Crippen LogP contribution in [0.5, 0.6) is 0 Å². The first-order valence-electron chi connectivity index (χ1n) is 5.98. The highest BCUT2D eigenvalue weighted by molar-refractivity contribution is 7.21. The van der Waals surface area contributed by atoms with Gasteiger partial charge in [0.1, 0.15) is 5.01 Å². The van der Waals surface area contributed by atoms with Crippen LogP contribution < -0.4 is 5.46 Å². The molecule has 0 radical (unpaired) electrons. The molecule has 0 bridgehead atoms. The van der Waals surface area contributed by atoms with Crippen molar-refractivity contribution in [3.63, 3.8) is 0 Å². The van der Waals surface area contributed by atoms with Crippen molar-refractivity contribution in [3.05, 3.63) is 48.0 Å². The molecule has 0 saturated carbocycles. The van der Waals surface area contributed by atoms with Crippen molar-refractivity contribution in [2.24, 2.45) is 0 Å². The number of aromatic nitrogens is 1. The Kier molecular flexibility index (Phi) is 3.10. The van der Waals surface area contributed by atoms with Crippen molar-refractivity contribution < 1.29 is 10.0 Å². The molecule has 2 N–H and O–H groups in total. The molecular formula is C14H12BNO2S. The molecule has 0 spiro atoms. The third kappa shape index (κ3) is 2.28. The van der Waals surface area contributed by atoms with Crippen LogP contribution in [0.1, 0.15) is 5.56 Å². The molecule has 1 heterocycles. The summed E-state index contributed by atoms with van der Waals surface area (Å²) < 4.78 is 1.09. The van der Waals surface area contributed by atoms with Crippen LogP contribution in [-0.2, 0) is 0 Å². The quantitative estimate of drug-likeness (QED) is 0.699. The molecule has 0 aliphatic carbocycles. The van der Waals surface area contributed by atoms with Gasteiger partial charge in [-0.15, -0.1) is 11.3 Å². The molecular weight excluding hydrogens is 257 g/mol. The van der Waals surface area contributed by atoms with Crippen LogP contribution in [-0.4, -0.2) is 22.2 Å². The van der Waals surface area contributed by atoms with Crippen LogP contribution in [0.15, 0.2) is 42.5 Å². The predicted octanol–water partition coefficient (Wildman–Crippen LogP) is 1.95. The van der Waals surface area contributed by atoms with Crippen LogP contribution in [0.4, 0.5) is 0 Å². The van der Waals surface area contributed by atoms with E-state index in [4.69, 9.17) is 0 Å². The number of benzene rings is 2. The summed E-state index contributed by atoms with van der Waals surface area (Å²) in [7, 11) is -1.48. The van der Waals surface area contributed by atoms with Crippen molar-refractivity contribution in [2.45, 2.75) is 6.92 Å². The highest BCUT2D eigenvalue weighted by Gasteiger charge is 2.19. The number of aryl methyl sites for hydroxylation is 1. The van der Waals surface area contributed by atoms with Gasteiger partial charge in [0.25, 0.3) is 0 Å². The van der Waals surface area contributed by atoms with Crippen LogP contribution in [0, 0.1) is 6.92 Å². The molecule has 3 rings (SSSR count). The Balaban J connectivity index is 2.20. The second-order valence-electron chi connectivity index (χ2n) is 4.45. The normalized spacial score (nSPS) is 10.9. The van der Waals surface area contributed by atoms with Crippen LogP contribution in [0.25, 0.3) is 20.8 Å². The Morgan fingerprint density at radius 3 is 2.63 bits per heavy atom. The number of fused-ring (bicyclic) bond motifs is 1. The molecule has 94 valence electrons. The monoisotopic (exact) mass is 269 g/mol. The number of hydrogen-bond acceptors (Lipinski definition) is 4. The van der Waals surface area contributed by atoms with E-state index < -0.39 is 7.12 Å². The van der Waals surface area contributed by atoms with E-state index in [1.54, 1.807) is 17.4 Å². The van der Waals surface area contributed by atoms with E-state index in [2.05, 4.69) is 4.98 Å². The highest BCUT2D eigenvalue weighted by Crippen LogP contribution is 2.29. The number of rotatable bonds is 2. The summed E-state index contributed by atoms with van der Waals surface area (Å²) in [5.74, 6) is 0. The van der Waals surface area contributed by atoms with E-state index in [-0.39, 0.29) is 0 Å². The van der Waals surface area contributed by atoms with Crippen molar-refractivity contribution in [1.82, 2.24) is 4.98 Å². The van der Waals surface area contributed by atoms with Crippen molar-refractivity contribution >= 4 is 34.1 Å². The second-order valence-corrected chi connectivity index (χ2v) is 5.48. The minimum absolute atomic E-state index is 0.499. The third-order valence-electron chi connectivity index (χ3n) is 3.01. The van der Waals surface area contributed by atoms with Gasteiger partial charge in [-0.1, -0.05) is 35.9 Å². The van der Waals surface area contributed by atoms with Gasteiger partial charge >= 0.3 is 7.12 Å². The Morgan fingerprint density at radius 1 is 1.11 bits per heavy atom. The molecule has 3 nitrogen and oxygen atoms in total. The van der Waals surface area contributed by atoms with E-state index in [0.717, 1.165) is 26.4 Å². The lowest BCUT2D eigenvalue weighted by molar-refractivity contribution is 0.426. The van der Waals surface area contributed by atoms with E-state index in [9.17, 15) is 10.0 Å². The maximum atomic E-state index is 9.50. The van der Waals surface area contributed by atoms with E-state index >= 15 is 0 Å².